The normalized spacial score (nSPS) is 8.98. The maximum absolute atomic E-state index is 11.3. The van der Waals surface area contributed by atoms with Crippen molar-refractivity contribution >= 4 is 55.0 Å². The number of carboxylic acid groups (broad SMARTS) is 2. The second kappa shape index (κ2) is 28.0. The summed E-state index contributed by atoms with van der Waals surface area (Å²) in [5, 5.41) is 59.5. The number of carbonyl (C=O) groups is 2. The Kier molecular flexibility index (Phi) is 28.3. The van der Waals surface area contributed by atoms with E-state index < -0.39 is 11.9 Å². The molecule has 10 nitrogen and oxygen atoms in total. The van der Waals surface area contributed by atoms with Crippen molar-refractivity contribution in [3.8, 4) is 0 Å². The van der Waals surface area contributed by atoms with Gasteiger partial charge in [0.15, 0.2) is 0 Å². The fraction of sp³-hybridized carbons (Fsp3) is 0.211. The number of hydrogen-bond donors (Lipinski definition) is 4. The van der Waals surface area contributed by atoms with Crippen molar-refractivity contribution in [2.24, 2.45) is 0 Å². The fourth-order valence-corrected chi connectivity index (χ4v) is 4.47. The van der Waals surface area contributed by atoms with Gasteiger partial charge in [-0.25, -0.2) is 0 Å². The van der Waals surface area contributed by atoms with Crippen LogP contribution in [0, 0.1) is 31.1 Å². The molecule has 0 spiro atoms. The first-order valence-electron chi connectivity index (χ1n) is 14.9. The molecule has 6 aromatic carbocycles. The van der Waals surface area contributed by atoms with Gasteiger partial charge in [-0.1, -0.05) is 97.1 Å². The van der Waals surface area contributed by atoms with Gasteiger partial charge in [-0.3, -0.25) is 0 Å². The molecule has 6 aromatic rings. The summed E-state index contributed by atoms with van der Waals surface area (Å²) in [5.74, 6) is -2.25. The first kappa shape index (κ1) is 49.5. The Labute approximate surface area is 310 Å². The van der Waals surface area contributed by atoms with Gasteiger partial charge in [0.05, 0.1) is 11.9 Å². The Hall–Kier alpha value is -3.89. The van der Waals surface area contributed by atoms with Crippen molar-refractivity contribution in [2.45, 2.75) is 27.7 Å². The molecule has 0 fully saturated rings. The van der Waals surface area contributed by atoms with Crippen LogP contribution in [0.25, 0.3) is 43.1 Å². The van der Waals surface area contributed by atoms with Gasteiger partial charge in [0, 0.05) is 68.7 Å². The Morgan fingerprint density at radius 1 is 0.449 bits per heavy atom. The summed E-state index contributed by atoms with van der Waals surface area (Å²) in [6.07, 6.45) is 0. The van der Waals surface area contributed by atoms with Crippen LogP contribution in [0.2, 0.25) is 0 Å². The number of carbonyl (C=O) groups excluding carboxylic acids is 2. The standard InChI is InChI=1S/2C15H10O2.4C2H6O.2O.U/c2*16-15(17)14-12-7-3-1-5-10(12)9-11-6-2-4-8-13(11)14;4*1-2-3;;;/h2*1-9H,(H,16,17);4*3H,2H2,1H3;;;/q;;;;;;2*-2;/p-2. The zero-order valence-corrected chi connectivity index (χ0v) is 32.1. The molecule has 0 saturated heterocycles. The van der Waals surface area contributed by atoms with Gasteiger partial charge in [0.2, 0.25) is 0 Å². The van der Waals surface area contributed by atoms with Gasteiger partial charge in [0.1, 0.15) is 0 Å². The Balaban J connectivity index is -0.000000626. The predicted molar refractivity (Wildman–Crippen MR) is 184 cm³/mol. The molecule has 0 heterocycles. The molecule has 4 N–H and O–H groups in total. The van der Waals surface area contributed by atoms with E-state index in [2.05, 4.69) is 0 Å². The van der Waals surface area contributed by atoms with Gasteiger partial charge in [-0.15, -0.1) is 0 Å². The van der Waals surface area contributed by atoms with E-state index in [0.29, 0.717) is 0 Å². The van der Waals surface area contributed by atoms with Crippen LogP contribution in [0.4, 0.5) is 0 Å². The Morgan fingerprint density at radius 2 is 0.612 bits per heavy atom. The molecule has 11 heteroatoms. The Morgan fingerprint density at radius 3 is 0.776 bits per heavy atom. The molecule has 0 aliphatic carbocycles. The maximum Gasteiger partial charge on any atom is 0.0727 e. The van der Waals surface area contributed by atoms with Gasteiger partial charge in [-0.05, 0) is 82.9 Å². The zero-order valence-electron chi connectivity index (χ0n) is 28.0. The van der Waals surface area contributed by atoms with E-state index in [4.69, 9.17) is 20.4 Å². The van der Waals surface area contributed by atoms with E-state index >= 15 is 0 Å². The van der Waals surface area contributed by atoms with Crippen LogP contribution < -0.4 is 10.2 Å². The topological polar surface area (TPSA) is 218 Å². The second-order valence-electron chi connectivity index (χ2n) is 9.23. The summed E-state index contributed by atoms with van der Waals surface area (Å²) >= 11 is 0. The molecule has 0 aliphatic rings. The van der Waals surface area contributed by atoms with Crippen molar-refractivity contribution in [2.75, 3.05) is 26.4 Å². The summed E-state index contributed by atoms with van der Waals surface area (Å²) in [4.78, 5) is 22.6. The number of fused-ring (bicyclic) bond motifs is 4. The van der Waals surface area contributed by atoms with Crippen molar-refractivity contribution in [3.05, 3.63) is 120 Å². The van der Waals surface area contributed by atoms with Gasteiger partial charge >= 0.3 is 0 Å². The third kappa shape index (κ3) is 15.0. The third-order valence-corrected chi connectivity index (χ3v) is 5.95. The van der Waals surface area contributed by atoms with Crippen molar-refractivity contribution < 1.29 is 82.3 Å². The van der Waals surface area contributed by atoms with Crippen LogP contribution in [0.5, 0.6) is 0 Å². The number of aliphatic hydroxyl groups is 4. The molecule has 264 valence electrons. The van der Waals surface area contributed by atoms with E-state index in [1.54, 1.807) is 27.7 Å². The molecule has 6 rings (SSSR count). The van der Waals surface area contributed by atoms with Crippen molar-refractivity contribution in [3.63, 3.8) is 0 Å². The molecule has 0 aliphatic heterocycles. The van der Waals surface area contributed by atoms with Crippen LogP contribution in [0.3, 0.4) is 0 Å². The number of benzene rings is 6. The van der Waals surface area contributed by atoms with E-state index in [-0.39, 0.29) is 79.6 Å². The van der Waals surface area contributed by atoms with E-state index in [1.807, 2.05) is 109 Å². The average Bonchev–Trinajstić information content (AvgIpc) is 3.04. The summed E-state index contributed by atoms with van der Waals surface area (Å²) in [6.45, 7) is 7.72. The molecule has 49 heavy (non-hydrogen) atoms. The summed E-state index contributed by atoms with van der Waals surface area (Å²) in [6, 6.07) is 33.8. The van der Waals surface area contributed by atoms with Gasteiger partial charge in [0.25, 0.3) is 0 Å². The molecule has 0 bridgehead atoms. The zero-order chi connectivity index (χ0) is 34.5. The van der Waals surface area contributed by atoms with Crippen LogP contribution in [0.1, 0.15) is 48.4 Å². The van der Waals surface area contributed by atoms with Crippen molar-refractivity contribution in [1.82, 2.24) is 0 Å². The first-order valence-corrected chi connectivity index (χ1v) is 14.9. The second-order valence-corrected chi connectivity index (χ2v) is 9.23. The smallest absolute Gasteiger partial charge is 0.0727 e. The summed E-state index contributed by atoms with van der Waals surface area (Å²) < 4.78 is 0. The van der Waals surface area contributed by atoms with Gasteiger partial charge in [-0.2, -0.15) is 0 Å². The summed E-state index contributed by atoms with van der Waals surface area (Å²) in [7, 11) is 0. The molecular formula is C38H42O10U-6. The number of carboxylic acids is 2. The number of hydrogen-bond acceptors (Lipinski definition) is 8. The Bertz CT molecular complexity index is 1560. The van der Waals surface area contributed by atoms with E-state index in [0.717, 1.165) is 43.1 Å². The minimum absolute atomic E-state index is 0. The molecule has 0 amide bonds. The third-order valence-electron chi connectivity index (χ3n) is 5.95. The fourth-order valence-electron chi connectivity index (χ4n) is 4.47. The minimum Gasteiger partial charge on any atom is -2.00 e. The minimum atomic E-state index is -1.13. The van der Waals surface area contributed by atoms with Crippen LogP contribution in [0.15, 0.2) is 109 Å². The van der Waals surface area contributed by atoms with Crippen LogP contribution in [-0.2, 0) is 11.0 Å². The largest absolute Gasteiger partial charge is 2.00 e. The van der Waals surface area contributed by atoms with E-state index in [9.17, 15) is 19.8 Å². The number of aromatic carboxylic acids is 2. The average molecular weight is 897 g/mol. The number of rotatable bonds is 2. The van der Waals surface area contributed by atoms with Crippen LogP contribution >= 0.6 is 0 Å². The SMILES string of the molecule is CCO.CCO.CCO.CCO.O=C([O-])c1c2ccccc2cc2ccccc12.O=C([O-])c1c2ccccc2cc2ccccc12.[O-2].[O-2].[U]. The summed E-state index contributed by atoms with van der Waals surface area (Å²) in [5.41, 5.74) is 0.553. The molecule has 0 atom stereocenters. The van der Waals surface area contributed by atoms with Crippen LogP contribution in [-0.4, -0.2) is 58.8 Å². The molecule has 0 aromatic heterocycles. The molecule has 0 radical (unpaired) electrons. The predicted octanol–water partition coefficient (Wildman–Crippen LogP) is 4.47. The van der Waals surface area contributed by atoms with E-state index in [1.165, 1.54) is 0 Å². The first-order chi connectivity index (χ1) is 22.2. The van der Waals surface area contributed by atoms with Gasteiger partial charge < -0.3 is 51.2 Å². The van der Waals surface area contributed by atoms with Crippen molar-refractivity contribution in [1.29, 1.82) is 0 Å². The molecule has 0 saturated carbocycles. The molecule has 0 unspecified atom stereocenters. The quantitative estimate of drug-likeness (QED) is 0.182. The maximum atomic E-state index is 11.3. The molecular weight excluding hydrogens is 854 g/mol. The monoisotopic (exact) mass is 896 g/mol. The number of aliphatic hydroxyl groups excluding tert-OH is 4.